The van der Waals surface area contributed by atoms with E-state index in [0.29, 0.717) is 5.52 Å². The van der Waals surface area contributed by atoms with Gasteiger partial charge >= 0.3 is 11.7 Å². The molecule has 0 amide bonds. The molecule has 7 heteroatoms. The predicted octanol–water partition coefficient (Wildman–Crippen LogP) is 0.116. The van der Waals surface area contributed by atoms with Gasteiger partial charge in [-0.15, -0.1) is 0 Å². The summed E-state index contributed by atoms with van der Waals surface area (Å²) in [4.78, 5) is 33.7. The van der Waals surface area contributed by atoms with Gasteiger partial charge in [0.05, 0.1) is 18.0 Å². The number of nitrogens with zero attached hydrogens (tertiary/aromatic N) is 1. The molecule has 0 saturated carbocycles. The lowest BCUT2D eigenvalue weighted by atomic mass is 10.0. The second-order valence-electron chi connectivity index (χ2n) is 4.18. The van der Waals surface area contributed by atoms with Crippen LogP contribution >= 0.6 is 0 Å². The number of hydrogen-bond acceptors (Lipinski definition) is 5. The molecule has 0 aliphatic heterocycles. The van der Waals surface area contributed by atoms with Crippen LogP contribution < -0.4 is 11.5 Å². The van der Waals surface area contributed by atoms with E-state index in [2.05, 4.69) is 0 Å². The van der Waals surface area contributed by atoms with Gasteiger partial charge in [-0.2, -0.15) is 0 Å². The maximum Gasteiger partial charge on any atom is 0.419 e. The molecule has 1 aromatic carbocycles. The molecule has 3 N–H and O–H groups in total. The summed E-state index contributed by atoms with van der Waals surface area (Å²) in [7, 11) is 1.55. The van der Waals surface area contributed by atoms with E-state index in [4.69, 9.17) is 15.3 Å². The van der Waals surface area contributed by atoms with E-state index in [1.807, 2.05) is 0 Å². The van der Waals surface area contributed by atoms with Gasteiger partial charge in [-0.3, -0.25) is 14.2 Å². The molecule has 0 spiro atoms. The number of carbonyl (C=O) groups excluding carboxylic acids is 1. The van der Waals surface area contributed by atoms with Gasteiger partial charge in [0.1, 0.15) is 0 Å². The van der Waals surface area contributed by atoms with Gasteiger partial charge in [-0.25, -0.2) is 4.79 Å². The smallest absolute Gasteiger partial charge is 0.419 e. The van der Waals surface area contributed by atoms with Crippen LogP contribution in [0.25, 0.3) is 11.1 Å². The van der Waals surface area contributed by atoms with Crippen molar-refractivity contribution < 1.29 is 19.1 Å². The molecule has 0 bridgehead atoms. The third-order valence-corrected chi connectivity index (χ3v) is 2.81. The van der Waals surface area contributed by atoms with E-state index in [1.54, 1.807) is 13.1 Å². The molecule has 0 aliphatic rings. The van der Waals surface area contributed by atoms with Crippen molar-refractivity contribution in [3.8, 4) is 0 Å². The molecule has 1 aromatic heterocycles. The number of fused-ring (bicyclic) bond motifs is 1. The van der Waals surface area contributed by atoms with Gasteiger partial charge in [0.25, 0.3) is 0 Å². The van der Waals surface area contributed by atoms with E-state index < -0.39 is 30.0 Å². The standard InChI is InChI=1S/C12H12N2O5/c1-14-8-3-2-6(4-9(8)19-12(14)18)11(17)7(13)5-10(15)16/h2-4,7H,5,13H2,1H3,(H,15,16). The van der Waals surface area contributed by atoms with Crippen molar-refractivity contribution in [2.24, 2.45) is 12.8 Å². The van der Waals surface area contributed by atoms with Crippen molar-refractivity contribution in [2.75, 3.05) is 0 Å². The molecule has 2 aromatic rings. The Hall–Kier alpha value is -2.41. The lowest BCUT2D eigenvalue weighted by molar-refractivity contribution is -0.137. The molecule has 1 atom stereocenters. The van der Waals surface area contributed by atoms with E-state index >= 15 is 0 Å². The summed E-state index contributed by atoms with van der Waals surface area (Å²) >= 11 is 0. The molecule has 2 rings (SSSR count). The fourth-order valence-corrected chi connectivity index (χ4v) is 1.78. The minimum absolute atomic E-state index is 0.218. The summed E-state index contributed by atoms with van der Waals surface area (Å²) in [5.74, 6) is -2.18. The van der Waals surface area contributed by atoms with Crippen molar-refractivity contribution >= 4 is 22.9 Å². The second-order valence-corrected chi connectivity index (χ2v) is 4.18. The highest BCUT2D eigenvalue weighted by Gasteiger charge is 2.20. The van der Waals surface area contributed by atoms with Crippen LogP contribution in [-0.4, -0.2) is 27.5 Å². The Morgan fingerprint density at radius 3 is 2.79 bits per heavy atom. The minimum Gasteiger partial charge on any atom is -0.481 e. The minimum atomic E-state index is -1.15. The zero-order valence-electron chi connectivity index (χ0n) is 10.1. The SMILES string of the molecule is Cn1c(=O)oc2cc(C(=O)C(N)CC(=O)O)ccc21. The summed E-state index contributed by atoms with van der Waals surface area (Å²) in [5, 5.41) is 8.60. The molecule has 0 aliphatic carbocycles. The van der Waals surface area contributed by atoms with Crippen LogP contribution in [0.2, 0.25) is 0 Å². The van der Waals surface area contributed by atoms with Crippen LogP contribution in [0.1, 0.15) is 16.8 Å². The number of aromatic nitrogens is 1. The van der Waals surface area contributed by atoms with Gasteiger partial charge in [-0.05, 0) is 18.2 Å². The number of oxazole rings is 1. The third-order valence-electron chi connectivity index (χ3n) is 2.81. The fourth-order valence-electron chi connectivity index (χ4n) is 1.78. The van der Waals surface area contributed by atoms with Crippen molar-refractivity contribution in [1.29, 1.82) is 0 Å². The first-order valence-corrected chi connectivity index (χ1v) is 5.51. The Morgan fingerprint density at radius 2 is 2.16 bits per heavy atom. The van der Waals surface area contributed by atoms with Crippen LogP contribution in [0, 0.1) is 0 Å². The molecule has 100 valence electrons. The highest BCUT2D eigenvalue weighted by Crippen LogP contribution is 2.15. The maximum atomic E-state index is 11.9. The van der Waals surface area contributed by atoms with Crippen molar-refractivity contribution in [3.63, 3.8) is 0 Å². The molecule has 0 fully saturated rings. The molecule has 7 nitrogen and oxygen atoms in total. The van der Waals surface area contributed by atoms with Crippen molar-refractivity contribution in [2.45, 2.75) is 12.5 Å². The highest BCUT2D eigenvalue weighted by atomic mass is 16.4. The number of ketones is 1. The average molecular weight is 264 g/mol. The lowest BCUT2D eigenvalue weighted by Crippen LogP contribution is -2.32. The number of rotatable bonds is 4. The van der Waals surface area contributed by atoms with E-state index in [9.17, 15) is 14.4 Å². The Balaban J connectivity index is 2.38. The summed E-state index contributed by atoms with van der Waals surface area (Å²) < 4.78 is 6.25. The number of carboxylic acids is 1. The molecule has 19 heavy (non-hydrogen) atoms. The number of benzene rings is 1. The Bertz CT molecular complexity index is 712. The highest BCUT2D eigenvalue weighted by molar-refractivity contribution is 6.03. The Kier molecular flexibility index (Phi) is 3.22. The van der Waals surface area contributed by atoms with Crippen LogP contribution in [-0.2, 0) is 11.8 Å². The Morgan fingerprint density at radius 1 is 1.47 bits per heavy atom. The topological polar surface area (TPSA) is 116 Å². The average Bonchev–Trinajstić information content (AvgIpc) is 2.63. The molecular formula is C12H12N2O5. The van der Waals surface area contributed by atoms with E-state index in [-0.39, 0.29) is 11.1 Å². The number of nitrogens with two attached hydrogens (primary N) is 1. The first kappa shape index (κ1) is 13.0. The monoisotopic (exact) mass is 264 g/mol. The van der Waals surface area contributed by atoms with Gasteiger partial charge in [-0.1, -0.05) is 0 Å². The van der Waals surface area contributed by atoms with Crippen LogP contribution in [0.4, 0.5) is 0 Å². The second kappa shape index (κ2) is 4.69. The zero-order chi connectivity index (χ0) is 14.2. The number of carboxylic acid groups (broad SMARTS) is 1. The predicted molar refractivity (Wildman–Crippen MR) is 66.0 cm³/mol. The molecular weight excluding hydrogens is 252 g/mol. The molecule has 0 radical (unpaired) electrons. The molecule has 0 saturated heterocycles. The Labute approximate surface area is 107 Å². The maximum absolute atomic E-state index is 11.9. The van der Waals surface area contributed by atoms with Crippen LogP contribution in [0.5, 0.6) is 0 Å². The van der Waals surface area contributed by atoms with Gasteiger partial charge in [0, 0.05) is 12.6 Å². The summed E-state index contributed by atoms with van der Waals surface area (Å²) in [6.07, 6.45) is -0.449. The molecule has 1 unspecified atom stereocenters. The van der Waals surface area contributed by atoms with Gasteiger partial charge < -0.3 is 15.3 Å². The fraction of sp³-hybridized carbons (Fsp3) is 0.250. The summed E-state index contributed by atoms with van der Waals surface area (Å²) in [5.41, 5.74) is 6.53. The lowest BCUT2D eigenvalue weighted by Gasteiger charge is -2.07. The summed E-state index contributed by atoms with van der Waals surface area (Å²) in [6.45, 7) is 0. The molecule has 1 heterocycles. The van der Waals surface area contributed by atoms with Crippen molar-refractivity contribution in [1.82, 2.24) is 4.57 Å². The van der Waals surface area contributed by atoms with Crippen molar-refractivity contribution in [3.05, 3.63) is 34.3 Å². The quantitative estimate of drug-likeness (QED) is 0.757. The third kappa shape index (κ3) is 2.41. The van der Waals surface area contributed by atoms with E-state index in [1.165, 1.54) is 16.7 Å². The number of aryl methyl sites for hydroxylation is 1. The number of hydrogen-bond donors (Lipinski definition) is 2. The number of aliphatic carboxylic acids is 1. The van der Waals surface area contributed by atoms with Gasteiger partial charge in [0.15, 0.2) is 11.4 Å². The largest absolute Gasteiger partial charge is 0.481 e. The summed E-state index contributed by atoms with van der Waals surface area (Å²) in [6, 6.07) is 3.31. The van der Waals surface area contributed by atoms with E-state index in [0.717, 1.165) is 0 Å². The van der Waals surface area contributed by atoms with Gasteiger partial charge in [0.2, 0.25) is 0 Å². The van der Waals surface area contributed by atoms with Crippen LogP contribution in [0.15, 0.2) is 27.4 Å². The normalized spacial score (nSPS) is 12.5. The van der Waals surface area contributed by atoms with Crippen LogP contribution in [0.3, 0.4) is 0 Å². The number of Topliss-reactive ketones (excluding diaryl/α,β-unsaturated/α-hetero) is 1. The zero-order valence-corrected chi connectivity index (χ0v) is 10.1. The first-order valence-electron chi connectivity index (χ1n) is 5.51. The number of carbonyl (C=O) groups is 2. The first-order chi connectivity index (χ1) is 8.90.